The summed E-state index contributed by atoms with van der Waals surface area (Å²) in [4.78, 5) is 27.4. The standard InChI is InChI=1S/C15H15ClN2O3S/c1-15(2,3)14-18-11(7-22-14)12(19)17-8-4-5-9(13(20)21)10(16)6-8/h4-7H,1-3H3,(H,17,19)(H,20,21). The molecule has 2 N–H and O–H groups in total. The lowest BCUT2D eigenvalue weighted by atomic mass is 9.98. The Labute approximate surface area is 137 Å². The van der Waals surface area contributed by atoms with Crippen molar-refractivity contribution in [2.24, 2.45) is 0 Å². The highest BCUT2D eigenvalue weighted by Gasteiger charge is 2.20. The zero-order valence-corrected chi connectivity index (χ0v) is 13.9. The van der Waals surface area contributed by atoms with Gasteiger partial charge in [-0.05, 0) is 18.2 Å². The van der Waals surface area contributed by atoms with E-state index in [1.54, 1.807) is 5.38 Å². The molecule has 0 bridgehead atoms. The number of carboxylic acids is 1. The SMILES string of the molecule is CC(C)(C)c1nc(C(=O)Nc2ccc(C(=O)O)c(Cl)c2)cs1. The van der Waals surface area contributed by atoms with Crippen LogP contribution in [0.25, 0.3) is 0 Å². The Balaban J connectivity index is 2.17. The number of nitrogens with one attached hydrogen (secondary N) is 1. The van der Waals surface area contributed by atoms with Crippen LogP contribution in [0.2, 0.25) is 5.02 Å². The zero-order chi connectivity index (χ0) is 16.5. The summed E-state index contributed by atoms with van der Waals surface area (Å²) in [5, 5.41) is 14.2. The molecule has 0 atom stereocenters. The number of carboxylic acid groups (broad SMARTS) is 1. The fraction of sp³-hybridized carbons (Fsp3) is 0.267. The first-order valence-electron chi connectivity index (χ1n) is 6.48. The Hall–Kier alpha value is -1.92. The molecule has 22 heavy (non-hydrogen) atoms. The quantitative estimate of drug-likeness (QED) is 0.885. The third kappa shape index (κ3) is 3.64. The Morgan fingerprint density at radius 2 is 2.00 bits per heavy atom. The van der Waals surface area contributed by atoms with Gasteiger partial charge in [0.25, 0.3) is 5.91 Å². The van der Waals surface area contributed by atoms with Gasteiger partial charge >= 0.3 is 5.97 Å². The van der Waals surface area contributed by atoms with Crippen LogP contribution in [0.4, 0.5) is 5.69 Å². The number of hydrogen-bond acceptors (Lipinski definition) is 4. The molecule has 116 valence electrons. The van der Waals surface area contributed by atoms with Gasteiger partial charge in [-0.25, -0.2) is 9.78 Å². The largest absolute Gasteiger partial charge is 0.478 e. The van der Waals surface area contributed by atoms with E-state index < -0.39 is 5.97 Å². The van der Waals surface area contributed by atoms with Crippen LogP contribution < -0.4 is 5.32 Å². The van der Waals surface area contributed by atoms with Gasteiger partial charge in [0.15, 0.2) is 0 Å². The molecular weight excluding hydrogens is 324 g/mol. The third-order valence-electron chi connectivity index (χ3n) is 2.84. The van der Waals surface area contributed by atoms with Gasteiger partial charge in [-0.3, -0.25) is 4.79 Å². The summed E-state index contributed by atoms with van der Waals surface area (Å²) in [7, 11) is 0. The van der Waals surface area contributed by atoms with Crippen LogP contribution in [0.1, 0.15) is 46.6 Å². The minimum Gasteiger partial charge on any atom is -0.478 e. The lowest BCUT2D eigenvalue weighted by molar-refractivity contribution is 0.0697. The monoisotopic (exact) mass is 338 g/mol. The number of carbonyl (C=O) groups is 2. The van der Waals surface area contributed by atoms with E-state index in [2.05, 4.69) is 10.3 Å². The molecule has 0 aliphatic carbocycles. The van der Waals surface area contributed by atoms with Crippen molar-refractivity contribution in [2.45, 2.75) is 26.2 Å². The Kier molecular flexibility index (Phi) is 4.53. The third-order valence-corrected chi connectivity index (χ3v) is 4.42. The zero-order valence-electron chi connectivity index (χ0n) is 12.3. The van der Waals surface area contributed by atoms with Gasteiger partial charge in [-0.1, -0.05) is 32.4 Å². The number of amides is 1. The molecule has 2 rings (SSSR count). The smallest absolute Gasteiger partial charge is 0.337 e. The highest BCUT2D eigenvalue weighted by Crippen LogP contribution is 2.26. The second-order valence-corrected chi connectivity index (χ2v) is 7.01. The first kappa shape index (κ1) is 16.5. The van der Waals surface area contributed by atoms with E-state index in [0.29, 0.717) is 11.4 Å². The number of carbonyl (C=O) groups excluding carboxylic acids is 1. The number of aromatic nitrogens is 1. The van der Waals surface area contributed by atoms with Crippen molar-refractivity contribution in [1.82, 2.24) is 4.98 Å². The number of nitrogens with zero attached hydrogens (tertiary/aromatic N) is 1. The van der Waals surface area contributed by atoms with Crippen LogP contribution in [0.3, 0.4) is 0 Å². The van der Waals surface area contributed by atoms with Crippen molar-refractivity contribution in [2.75, 3.05) is 5.32 Å². The molecule has 0 aliphatic rings. The van der Waals surface area contributed by atoms with Crippen LogP contribution in [0.15, 0.2) is 23.6 Å². The number of thiazole rings is 1. The molecule has 0 aliphatic heterocycles. The van der Waals surface area contributed by atoms with Crippen molar-refractivity contribution < 1.29 is 14.7 Å². The van der Waals surface area contributed by atoms with Crippen molar-refractivity contribution in [3.8, 4) is 0 Å². The molecule has 0 spiro atoms. The number of aromatic carboxylic acids is 1. The van der Waals surface area contributed by atoms with Crippen LogP contribution in [0, 0.1) is 0 Å². The van der Waals surface area contributed by atoms with E-state index in [-0.39, 0.29) is 21.9 Å². The second-order valence-electron chi connectivity index (χ2n) is 5.74. The molecule has 0 saturated heterocycles. The molecule has 0 fully saturated rings. The average Bonchev–Trinajstić information content (AvgIpc) is 2.87. The Morgan fingerprint density at radius 1 is 1.32 bits per heavy atom. The molecule has 5 nitrogen and oxygen atoms in total. The summed E-state index contributed by atoms with van der Waals surface area (Å²) in [6, 6.07) is 4.24. The van der Waals surface area contributed by atoms with Gasteiger partial charge in [-0.2, -0.15) is 0 Å². The van der Waals surface area contributed by atoms with E-state index >= 15 is 0 Å². The lowest BCUT2D eigenvalue weighted by Crippen LogP contribution is -2.15. The summed E-state index contributed by atoms with van der Waals surface area (Å²) < 4.78 is 0. The van der Waals surface area contributed by atoms with Crippen molar-refractivity contribution >= 4 is 40.5 Å². The first-order valence-corrected chi connectivity index (χ1v) is 7.74. The van der Waals surface area contributed by atoms with Crippen molar-refractivity contribution in [3.63, 3.8) is 0 Å². The van der Waals surface area contributed by atoms with Gasteiger partial charge < -0.3 is 10.4 Å². The summed E-state index contributed by atoms with van der Waals surface area (Å²) in [6.45, 7) is 6.08. The van der Waals surface area contributed by atoms with E-state index in [1.165, 1.54) is 29.5 Å². The number of halogens is 1. The van der Waals surface area contributed by atoms with E-state index in [9.17, 15) is 9.59 Å². The average molecular weight is 339 g/mol. The number of rotatable bonds is 3. The maximum atomic E-state index is 12.2. The first-order chi connectivity index (χ1) is 10.2. The molecule has 1 heterocycles. The van der Waals surface area contributed by atoms with E-state index in [4.69, 9.17) is 16.7 Å². The van der Waals surface area contributed by atoms with E-state index in [1.807, 2.05) is 20.8 Å². The molecule has 2 aromatic rings. The molecule has 1 aromatic heterocycles. The fourth-order valence-electron chi connectivity index (χ4n) is 1.68. The lowest BCUT2D eigenvalue weighted by Gasteiger charge is -2.13. The highest BCUT2D eigenvalue weighted by atomic mass is 35.5. The fourth-order valence-corrected chi connectivity index (χ4v) is 2.83. The highest BCUT2D eigenvalue weighted by molar-refractivity contribution is 7.10. The summed E-state index contributed by atoms with van der Waals surface area (Å²) >= 11 is 7.30. The Morgan fingerprint density at radius 3 is 2.50 bits per heavy atom. The normalized spacial score (nSPS) is 11.3. The van der Waals surface area contributed by atoms with Crippen LogP contribution >= 0.6 is 22.9 Å². The molecule has 7 heteroatoms. The van der Waals surface area contributed by atoms with Gasteiger partial charge in [0.2, 0.25) is 0 Å². The number of benzene rings is 1. The molecular formula is C15H15ClN2O3S. The minimum atomic E-state index is -1.11. The van der Waals surface area contributed by atoms with Gasteiger partial charge in [0.1, 0.15) is 5.69 Å². The summed E-state index contributed by atoms with van der Waals surface area (Å²) in [5.41, 5.74) is 0.623. The van der Waals surface area contributed by atoms with Gasteiger partial charge in [0.05, 0.1) is 15.6 Å². The molecule has 0 radical (unpaired) electrons. The van der Waals surface area contributed by atoms with Gasteiger partial charge in [-0.15, -0.1) is 11.3 Å². The van der Waals surface area contributed by atoms with Crippen LogP contribution in [-0.2, 0) is 5.41 Å². The predicted octanol–water partition coefficient (Wildman–Crippen LogP) is 4.04. The van der Waals surface area contributed by atoms with E-state index in [0.717, 1.165) is 5.01 Å². The van der Waals surface area contributed by atoms with Crippen molar-refractivity contribution in [1.29, 1.82) is 0 Å². The topological polar surface area (TPSA) is 79.3 Å². The van der Waals surface area contributed by atoms with Crippen molar-refractivity contribution in [3.05, 3.63) is 44.9 Å². The maximum Gasteiger partial charge on any atom is 0.337 e. The Bertz CT molecular complexity index is 735. The predicted molar refractivity (Wildman–Crippen MR) is 87.2 cm³/mol. The molecule has 0 saturated carbocycles. The molecule has 1 amide bonds. The summed E-state index contributed by atoms with van der Waals surface area (Å²) in [5.74, 6) is -1.47. The maximum absolute atomic E-state index is 12.2. The number of anilines is 1. The minimum absolute atomic E-state index is 0.0108. The molecule has 0 unspecified atom stereocenters. The van der Waals surface area contributed by atoms with Crippen LogP contribution in [-0.4, -0.2) is 22.0 Å². The molecule has 1 aromatic carbocycles. The van der Waals surface area contributed by atoms with Gasteiger partial charge in [0, 0.05) is 16.5 Å². The summed E-state index contributed by atoms with van der Waals surface area (Å²) in [6.07, 6.45) is 0. The van der Waals surface area contributed by atoms with Crippen LogP contribution in [0.5, 0.6) is 0 Å². The second kappa shape index (κ2) is 6.06. The number of hydrogen-bond donors (Lipinski definition) is 2.